The summed E-state index contributed by atoms with van der Waals surface area (Å²) in [5.41, 5.74) is 3.65. The molecule has 164 valence electrons. The van der Waals surface area contributed by atoms with Gasteiger partial charge in [0.05, 0.1) is 33.8 Å². The van der Waals surface area contributed by atoms with Gasteiger partial charge in [-0.25, -0.2) is 18.1 Å². The van der Waals surface area contributed by atoms with E-state index in [0.29, 0.717) is 17.8 Å². The Balaban J connectivity index is 1.30. The lowest BCUT2D eigenvalue weighted by atomic mass is 10.2. The number of anilines is 1. The number of nitrogens with one attached hydrogen (secondary N) is 2. The Morgan fingerprint density at radius 2 is 1.90 bits per heavy atom. The zero-order valence-electron chi connectivity index (χ0n) is 16.9. The normalized spacial score (nSPS) is 15.2. The Hall–Kier alpha value is -2.37. The lowest BCUT2D eigenvalue weighted by molar-refractivity contribution is 0.0376. The second-order valence-corrected chi connectivity index (χ2v) is 9.87. The molecule has 1 saturated heterocycles. The first-order valence-corrected chi connectivity index (χ1v) is 12.4. The number of nitrogens with zero attached hydrogens (tertiary/aromatic N) is 2. The van der Waals surface area contributed by atoms with E-state index < -0.39 is 10.0 Å². The number of carbonyl (C=O) groups excluding carboxylic acids is 1. The topological polar surface area (TPSA) is 101 Å². The molecule has 4 rings (SSSR count). The number of fused-ring (bicyclic) bond motifs is 1. The van der Waals surface area contributed by atoms with Crippen LogP contribution < -0.4 is 10.0 Å². The van der Waals surface area contributed by atoms with Gasteiger partial charge in [0.1, 0.15) is 0 Å². The number of amides is 1. The summed E-state index contributed by atoms with van der Waals surface area (Å²) < 4.78 is 33.9. The van der Waals surface area contributed by atoms with Crippen LogP contribution in [0.5, 0.6) is 0 Å². The molecule has 0 bridgehead atoms. The Morgan fingerprint density at radius 1 is 1.13 bits per heavy atom. The minimum atomic E-state index is -3.59. The summed E-state index contributed by atoms with van der Waals surface area (Å²) >= 11 is 1.47. The highest BCUT2D eigenvalue weighted by Crippen LogP contribution is 2.20. The summed E-state index contributed by atoms with van der Waals surface area (Å²) in [7, 11) is -3.59. The summed E-state index contributed by atoms with van der Waals surface area (Å²) in [4.78, 5) is 19.1. The van der Waals surface area contributed by atoms with Gasteiger partial charge in [0.15, 0.2) is 0 Å². The fraction of sp³-hybridized carbons (Fsp3) is 0.333. The van der Waals surface area contributed by atoms with Crippen molar-refractivity contribution in [2.45, 2.75) is 11.3 Å². The number of rotatable bonds is 8. The number of morpholine rings is 1. The predicted octanol–water partition coefficient (Wildman–Crippen LogP) is 2.55. The molecule has 0 radical (unpaired) electrons. The number of aromatic nitrogens is 1. The third kappa shape index (κ3) is 5.66. The molecule has 2 aromatic carbocycles. The molecule has 8 nitrogen and oxygen atoms in total. The summed E-state index contributed by atoms with van der Waals surface area (Å²) in [5.74, 6) is -0.257. The van der Waals surface area contributed by atoms with Crippen LogP contribution in [0.15, 0.2) is 52.9 Å². The molecule has 2 heterocycles. The minimum absolute atomic E-state index is 0.169. The van der Waals surface area contributed by atoms with Crippen molar-refractivity contribution >= 4 is 43.2 Å². The molecule has 1 fully saturated rings. The largest absolute Gasteiger partial charge is 0.379 e. The van der Waals surface area contributed by atoms with Crippen LogP contribution >= 0.6 is 11.3 Å². The van der Waals surface area contributed by atoms with Crippen molar-refractivity contribution in [3.63, 3.8) is 0 Å². The van der Waals surface area contributed by atoms with Gasteiger partial charge < -0.3 is 10.1 Å². The maximum Gasteiger partial charge on any atom is 0.255 e. The molecular weight excluding hydrogens is 436 g/mol. The highest BCUT2D eigenvalue weighted by Gasteiger charge is 2.15. The van der Waals surface area contributed by atoms with Gasteiger partial charge in [-0.15, -0.1) is 11.3 Å². The van der Waals surface area contributed by atoms with E-state index in [1.807, 2.05) is 0 Å². The van der Waals surface area contributed by atoms with Crippen LogP contribution in [0.2, 0.25) is 0 Å². The van der Waals surface area contributed by atoms with Crippen LogP contribution in [0, 0.1) is 0 Å². The monoisotopic (exact) mass is 460 g/mol. The second-order valence-electron chi connectivity index (χ2n) is 7.22. The number of thiazole rings is 1. The van der Waals surface area contributed by atoms with E-state index in [2.05, 4.69) is 19.9 Å². The van der Waals surface area contributed by atoms with Crippen LogP contribution in [0.4, 0.5) is 5.69 Å². The number of hydrogen-bond acceptors (Lipinski definition) is 7. The van der Waals surface area contributed by atoms with Gasteiger partial charge in [-0.2, -0.15) is 0 Å². The quantitative estimate of drug-likeness (QED) is 0.501. The number of ether oxygens (including phenoxy) is 1. The van der Waals surface area contributed by atoms with Crippen LogP contribution in [0.3, 0.4) is 0 Å². The summed E-state index contributed by atoms with van der Waals surface area (Å²) in [5, 5.41) is 2.80. The molecule has 1 aromatic heterocycles. The number of benzene rings is 2. The molecule has 2 N–H and O–H groups in total. The van der Waals surface area contributed by atoms with Gasteiger partial charge in [0, 0.05) is 30.9 Å². The Kier molecular flexibility index (Phi) is 6.93. The molecular formula is C21H24N4O4S2. The fourth-order valence-corrected chi connectivity index (χ4v) is 5.12. The van der Waals surface area contributed by atoms with Gasteiger partial charge in [-0.1, -0.05) is 0 Å². The van der Waals surface area contributed by atoms with Crippen molar-refractivity contribution in [3.8, 4) is 0 Å². The molecule has 0 spiro atoms. The van der Waals surface area contributed by atoms with Crippen LogP contribution in [-0.2, 0) is 14.8 Å². The average Bonchev–Trinajstić information content (AvgIpc) is 3.26. The SMILES string of the molecule is O=C(Nc1ccc(S(=O)(=O)NCCCN2CCOCC2)cc1)c1ccc2ncsc2c1. The predicted molar refractivity (Wildman–Crippen MR) is 121 cm³/mol. The molecule has 31 heavy (non-hydrogen) atoms. The van der Waals surface area contributed by atoms with E-state index in [1.165, 1.54) is 23.5 Å². The number of carbonyl (C=O) groups is 1. The van der Waals surface area contributed by atoms with E-state index in [1.54, 1.807) is 35.8 Å². The Bertz CT molecular complexity index is 1140. The van der Waals surface area contributed by atoms with Crippen molar-refractivity contribution < 1.29 is 17.9 Å². The first-order chi connectivity index (χ1) is 15.0. The van der Waals surface area contributed by atoms with Crippen LogP contribution in [0.1, 0.15) is 16.8 Å². The zero-order valence-corrected chi connectivity index (χ0v) is 18.5. The maximum absolute atomic E-state index is 12.5. The van der Waals surface area contributed by atoms with Gasteiger partial charge in [0.2, 0.25) is 10.0 Å². The lowest BCUT2D eigenvalue weighted by Crippen LogP contribution is -2.38. The summed E-state index contributed by atoms with van der Waals surface area (Å²) in [6, 6.07) is 11.5. The Morgan fingerprint density at radius 3 is 2.68 bits per heavy atom. The van der Waals surface area contributed by atoms with Crippen molar-refractivity contribution in [3.05, 3.63) is 53.5 Å². The number of hydrogen-bond donors (Lipinski definition) is 2. The lowest BCUT2D eigenvalue weighted by Gasteiger charge is -2.26. The minimum Gasteiger partial charge on any atom is -0.379 e. The maximum atomic E-state index is 12.5. The first kappa shape index (κ1) is 21.8. The van der Waals surface area contributed by atoms with Gasteiger partial charge >= 0.3 is 0 Å². The average molecular weight is 461 g/mol. The van der Waals surface area contributed by atoms with E-state index in [-0.39, 0.29) is 10.8 Å². The van der Waals surface area contributed by atoms with Crippen molar-refractivity contribution in [2.24, 2.45) is 0 Å². The molecule has 10 heteroatoms. The van der Waals surface area contributed by atoms with Gasteiger partial charge in [0.25, 0.3) is 5.91 Å². The van der Waals surface area contributed by atoms with Crippen molar-refractivity contribution in [1.82, 2.24) is 14.6 Å². The highest BCUT2D eigenvalue weighted by molar-refractivity contribution is 7.89. The molecule has 3 aromatic rings. The molecule has 1 aliphatic heterocycles. The molecule has 0 aliphatic carbocycles. The molecule has 0 unspecified atom stereocenters. The van der Waals surface area contributed by atoms with Gasteiger partial charge in [-0.3, -0.25) is 9.69 Å². The third-order valence-corrected chi connectivity index (χ3v) is 7.33. The van der Waals surface area contributed by atoms with Crippen LogP contribution in [-0.4, -0.2) is 63.6 Å². The number of sulfonamides is 1. The molecule has 1 aliphatic rings. The first-order valence-electron chi connectivity index (χ1n) is 10.1. The molecule has 0 saturated carbocycles. The van der Waals surface area contributed by atoms with E-state index in [9.17, 15) is 13.2 Å². The van der Waals surface area contributed by atoms with Crippen molar-refractivity contribution in [1.29, 1.82) is 0 Å². The van der Waals surface area contributed by atoms with Crippen LogP contribution in [0.25, 0.3) is 10.2 Å². The summed E-state index contributed by atoms with van der Waals surface area (Å²) in [6.45, 7) is 4.45. The fourth-order valence-electron chi connectivity index (χ4n) is 3.33. The van der Waals surface area contributed by atoms with E-state index in [0.717, 1.165) is 49.5 Å². The molecule has 1 amide bonds. The molecule has 0 atom stereocenters. The second kappa shape index (κ2) is 9.84. The summed E-state index contributed by atoms with van der Waals surface area (Å²) in [6.07, 6.45) is 0.734. The Labute approximate surface area is 185 Å². The third-order valence-electron chi connectivity index (χ3n) is 5.06. The van der Waals surface area contributed by atoms with E-state index in [4.69, 9.17) is 4.74 Å². The van der Waals surface area contributed by atoms with Crippen molar-refractivity contribution in [2.75, 3.05) is 44.7 Å². The highest BCUT2D eigenvalue weighted by atomic mass is 32.2. The van der Waals surface area contributed by atoms with E-state index >= 15 is 0 Å². The van der Waals surface area contributed by atoms with Gasteiger partial charge in [-0.05, 0) is 55.4 Å². The smallest absolute Gasteiger partial charge is 0.255 e. The standard InChI is InChI=1S/C21H24N4O4S2/c26-21(16-2-7-19-20(14-16)30-15-22-19)24-17-3-5-18(6-4-17)31(27,28)23-8-1-9-25-10-12-29-13-11-25/h2-7,14-15,23H,1,8-13H2,(H,24,26). The zero-order chi connectivity index (χ0) is 21.7.